The maximum Gasteiger partial charge on any atom is 0.309 e. The van der Waals surface area contributed by atoms with Gasteiger partial charge in [0.15, 0.2) is 0 Å². The van der Waals surface area contributed by atoms with E-state index in [2.05, 4.69) is 0 Å². The second-order valence-electron chi connectivity index (χ2n) is 4.39. The summed E-state index contributed by atoms with van der Waals surface area (Å²) in [6.07, 6.45) is 2.38. The molecule has 0 bridgehead atoms. The molecule has 104 valence electrons. The Balaban J connectivity index is 2.44. The van der Waals surface area contributed by atoms with Gasteiger partial charge in [-0.15, -0.1) is 0 Å². The van der Waals surface area contributed by atoms with Gasteiger partial charge in [0.05, 0.1) is 12.5 Å². The zero-order valence-electron chi connectivity index (χ0n) is 11.1. The van der Waals surface area contributed by atoms with Crippen LogP contribution >= 0.6 is 11.6 Å². The van der Waals surface area contributed by atoms with Crippen molar-refractivity contribution in [1.29, 1.82) is 0 Å². The third-order valence-electron chi connectivity index (χ3n) is 2.89. The van der Waals surface area contributed by atoms with Gasteiger partial charge in [0.25, 0.3) is 0 Å². The average molecular weight is 283 g/mol. The number of rotatable bonds is 8. The van der Waals surface area contributed by atoms with Crippen LogP contribution < -0.4 is 0 Å². The summed E-state index contributed by atoms with van der Waals surface area (Å²) in [5, 5.41) is -0.488. The fourth-order valence-electron chi connectivity index (χ4n) is 1.95. The zero-order chi connectivity index (χ0) is 14.1. The van der Waals surface area contributed by atoms with Crippen LogP contribution in [0.25, 0.3) is 0 Å². The minimum absolute atomic E-state index is 0.0508. The summed E-state index contributed by atoms with van der Waals surface area (Å²) in [5.74, 6) is -0.752. The molecule has 0 saturated heterocycles. The topological polar surface area (TPSA) is 43.4 Å². The van der Waals surface area contributed by atoms with Crippen LogP contribution in [0, 0.1) is 5.92 Å². The number of esters is 1. The summed E-state index contributed by atoms with van der Waals surface area (Å²) in [6, 6.07) is 10.0. The minimum atomic E-state index is -0.488. The number of carbonyl (C=O) groups is 2. The van der Waals surface area contributed by atoms with Crippen LogP contribution in [-0.4, -0.2) is 17.8 Å². The molecule has 0 aliphatic heterocycles. The smallest absolute Gasteiger partial charge is 0.309 e. The van der Waals surface area contributed by atoms with Crippen LogP contribution in [-0.2, 0) is 20.7 Å². The Morgan fingerprint density at radius 1 is 1.26 bits per heavy atom. The van der Waals surface area contributed by atoms with E-state index in [0.717, 1.165) is 12.8 Å². The lowest BCUT2D eigenvalue weighted by Crippen LogP contribution is -2.20. The Morgan fingerprint density at radius 2 is 1.95 bits per heavy atom. The molecule has 0 radical (unpaired) electrons. The Bertz CT molecular complexity index is 403. The molecule has 0 aliphatic carbocycles. The van der Waals surface area contributed by atoms with E-state index < -0.39 is 11.2 Å². The van der Waals surface area contributed by atoms with Crippen LogP contribution in [0.1, 0.15) is 31.7 Å². The summed E-state index contributed by atoms with van der Waals surface area (Å²) in [6.45, 7) is 2.08. The molecule has 3 nitrogen and oxygen atoms in total. The van der Waals surface area contributed by atoms with Crippen LogP contribution in [0.2, 0.25) is 0 Å². The van der Waals surface area contributed by atoms with Crippen molar-refractivity contribution in [3.8, 4) is 0 Å². The molecule has 1 rings (SSSR count). The molecule has 1 aromatic rings. The Morgan fingerprint density at radius 3 is 2.53 bits per heavy atom. The van der Waals surface area contributed by atoms with Gasteiger partial charge in [-0.1, -0.05) is 30.3 Å². The lowest BCUT2D eigenvalue weighted by Gasteiger charge is -2.13. The molecule has 0 spiro atoms. The van der Waals surface area contributed by atoms with Crippen LogP contribution in [0.15, 0.2) is 30.3 Å². The van der Waals surface area contributed by atoms with Gasteiger partial charge >= 0.3 is 5.97 Å². The maximum atomic E-state index is 11.7. The number of halogens is 1. The van der Waals surface area contributed by atoms with E-state index in [1.807, 2.05) is 30.3 Å². The van der Waals surface area contributed by atoms with Crippen molar-refractivity contribution in [2.45, 2.75) is 32.6 Å². The maximum absolute atomic E-state index is 11.7. The van der Waals surface area contributed by atoms with Crippen LogP contribution in [0.3, 0.4) is 0 Å². The fourth-order valence-corrected chi connectivity index (χ4v) is 2.14. The SMILES string of the molecule is CCOC(=O)C(CCCc1ccccc1)CC(=O)Cl. The van der Waals surface area contributed by atoms with Crippen LogP contribution in [0.5, 0.6) is 0 Å². The van der Waals surface area contributed by atoms with E-state index in [4.69, 9.17) is 16.3 Å². The highest BCUT2D eigenvalue weighted by Gasteiger charge is 2.21. The fraction of sp³-hybridized carbons (Fsp3) is 0.467. The van der Waals surface area contributed by atoms with Gasteiger partial charge in [0.2, 0.25) is 5.24 Å². The van der Waals surface area contributed by atoms with Crippen molar-refractivity contribution in [3.05, 3.63) is 35.9 Å². The van der Waals surface area contributed by atoms with Crippen molar-refractivity contribution in [2.24, 2.45) is 5.92 Å². The molecule has 0 heterocycles. The molecule has 4 heteroatoms. The lowest BCUT2D eigenvalue weighted by molar-refractivity contribution is -0.149. The van der Waals surface area contributed by atoms with Gasteiger partial charge < -0.3 is 4.74 Å². The number of hydrogen-bond acceptors (Lipinski definition) is 3. The van der Waals surface area contributed by atoms with Gasteiger partial charge in [0, 0.05) is 6.42 Å². The Labute approximate surface area is 118 Å². The molecule has 1 atom stereocenters. The third-order valence-corrected chi connectivity index (χ3v) is 3.04. The molecule has 0 N–H and O–H groups in total. The van der Waals surface area contributed by atoms with E-state index in [9.17, 15) is 9.59 Å². The van der Waals surface area contributed by atoms with E-state index >= 15 is 0 Å². The first-order chi connectivity index (χ1) is 9.13. The van der Waals surface area contributed by atoms with Crippen LogP contribution in [0.4, 0.5) is 0 Å². The zero-order valence-corrected chi connectivity index (χ0v) is 11.9. The quantitative estimate of drug-likeness (QED) is 0.542. The standard InChI is InChI=1S/C15H19ClO3/c1-2-19-15(18)13(11-14(16)17)10-6-9-12-7-4-3-5-8-12/h3-5,7-8,13H,2,6,9-11H2,1H3. The lowest BCUT2D eigenvalue weighted by atomic mass is 9.97. The number of hydrogen-bond donors (Lipinski definition) is 0. The largest absolute Gasteiger partial charge is 0.466 e. The first-order valence-electron chi connectivity index (χ1n) is 6.52. The summed E-state index contributed by atoms with van der Waals surface area (Å²) in [7, 11) is 0. The molecule has 0 aliphatic rings. The van der Waals surface area contributed by atoms with Gasteiger partial charge in [-0.3, -0.25) is 9.59 Å². The highest BCUT2D eigenvalue weighted by molar-refractivity contribution is 6.63. The monoisotopic (exact) mass is 282 g/mol. The number of aryl methyl sites for hydroxylation is 1. The van der Waals surface area contributed by atoms with Gasteiger partial charge in [-0.2, -0.15) is 0 Å². The van der Waals surface area contributed by atoms with Crippen molar-refractivity contribution in [2.75, 3.05) is 6.61 Å². The first kappa shape index (κ1) is 15.7. The molecule has 1 aromatic carbocycles. The molecule has 0 amide bonds. The van der Waals surface area contributed by atoms with Gasteiger partial charge in [0.1, 0.15) is 0 Å². The highest BCUT2D eigenvalue weighted by Crippen LogP contribution is 2.17. The highest BCUT2D eigenvalue weighted by atomic mass is 35.5. The minimum Gasteiger partial charge on any atom is -0.466 e. The predicted octanol–water partition coefficient (Wildman–Crippen LogP) is 3.34. The molecule has 0 fully saturated rings. The number of benzene rings is 1. The summed E-state index contributed by atoms with van der Waals surface area (Å²) in [4.78, 5) is 22.6. The van der Waals surface area contributed by atoms with E-state index in [1.54, 1.807) is 6.92 Å². The molecule has 1 unspecified atom stereocenters. The van der Waals surface area contributed by atoms with Gasteiger partial charge in [-0.05, 0) is 43.4 Å². The third kappa shape index (κ3) is 6.39. The van der Waals surface area contributed by atoms with Crippen molar-refractivity contribution >= 4 is 22.8 Å². The second-order valence-corrected chi connectivity index (χ2v) is 4.81. The second kappa shape index (κ2) is 8.70. The predicted molar refractivity (Wildman–Crippen MR) is 75.0 cm³/mol. The van der Waals surface area contributed by atoms with Gasteiger partial charge in [-0.25, -0.2) is 0 Å². The average Bonchev–Trinajstić information content (AvgIpc) is 2.38. The Kier molecular flexibility index (Phi) is 7.19. The van der Waals surface area contributed by atoms with Crippen molar-refractivity contribution < 1.29 is 14.3 Å². The van der Waals surface area contributed by atoms with E-state index in [0.29, 0.717) is 13.0 Å². The molecule has 0 aromatic heterocycles. The number of carbonyl (C=O) groups excluding carboxylic acids is 2. The van der Waals surface area contributed by atoms with E-state index in [1.165, 1.54) is 5.56 Å². The van der Waals surface area contributed by atoms with E-state index in [-0.39, 0.29) is 12.4 Å². The van der Waals surface area contributed by atoms with Crippen molar-refractivity contribution in [3.63, 3.8) is 0 Å². The molecular formula is C15H19ClO3. The first-order valence-corrected chi connectivity index (χ1v) is 6.90. The number of ether oxygens (including phenoxy) is 1. The summed E-state index contributed by atoms with van der Waals surface area (Å²) < 4.78 is 4.96. The van der Waals surface area contributed by atoms with Crippen molar-refractivity contribution in [1.82, 2.24) is 0 Å². The normalized spacial score (nSPS) is 11.9. The molecular weight excluding hydrogens is 264 g/mol. The Hall–Kier alpha value is -1.35. The molecule has 19 heavy (non-hydrogen) atoms. The summed E-state index contributed by atoms with van der Waals surface area (Å²) in [5.41, 5.74) is 1.22. The summed E-state index contributed by atoms with van der Waals surface area (Å²) >= 11 is 5.37. The molecule has 0 saturated carbocycles.